The number of hydrogen-bond acceptors (Lipinski definition) is 4. The molecule has 1 aliphatic rings. The van der Waals surface area contributed by atoms with Gasteiger partial charge in [0.2, 0.25) is 0 Å². The van der Waals surface area contributed by atoms with Crippen LogP contribution < -0.4 is 0 Å². The van der Waals surface area contributed by atoms with Crippen LogP contribution in [0.2, 0.25) is 0 Å². The molecule has 1 aromatic heterocycles. The van der Waals surface area contributed by atoms with E-state index in [1.807, 2.05) is 6.92 Å². The Kier molecular flexibility index (Phi) is 3.35. The summed E-state index contributed by atoms with van der Waals surface area (Å²) in [4.78, 5) is 11.9. The number of hydrogen-bond donors (Lipinski definition) is 1. The van der Waals surface area contributed by atoms with Gasteiger partial charge in [-0.05, 0) is 42.3 Å². The molecule has 0 bridgehead atoms. The Labute approximate surface area is 126 Å². The zero-order valence-corrected chi connectivity index (χ0v) is 12.9. The lowest BCUT2D eigenvalue weighted by atomic mass is 10.1. The topological polar surface area (TPSA) is 74.7 Å². The molecule has 3 rings (SSSR count). The largest absolute Gasteiger partial charge is 0.478 e. The van der Waals surface area contributed by atoms with Gasteiger partial charge in [0.25, 0.3) is 10.0 Å². The summed E-state index contributed by atoms with van der Waals surface area (Å²) in [6.07, 6.45) is 0. The van der Waals surface area contributed by atoms with Crippen molar-refractivity contribution < 1.29 is 18.3 Å². The van der Waals surface area contributed by atoms with Crippen LogP contribution in [0.5, 0.6) is 0 Å². The minimum Gasteiger partial charge on any atom is -0.478 e. The summed E-state index contributed by atoms with van der Waals surface area (Å²) >= 11 is 1.24. The van der Waals surface area contributed by atoms with Crippen LogP contribution in [0.25, 0.3) is 0 Å². The number of nitrogens with zero attached hydrogens (tertiary/aromatic N) is 1. The first-order valence-electron chi connectivity index (χ1n) is 6.29. The van der Waals surface area contributed by atoms with Crippen LogP contribution >= 0.6 is 11.3 Å². The van der Waals surface area contributed by atoms with Crippen molar-refractivity contribution in [3.8, 4) is 0 Å². The predicted octanol–water partition coefficient (Wildman–Crippen LogP) is 2.46. The second-order valence-electron chi connectivity index (χ2n) is 4.93. The van der Waals surface area contributed by atoms with Gasteiger partial charge in [-0.1, -0.05) is 6.07 Å². The average molecular weight is 323 g/mol. The Morgan fingerprint density at radius 3 is 2.52 bits per heavy atom. The molecule has 21 heavy (non-hydrogen) atoms. The van der Waals surface area contributed by atoms with Gasteiger partial charge in [0, 0.05) is 18.0 Å². The summed E-state index contributed by atoms with van der Waals surface area (Å²) in [7, 11) is -3.51. The number of carbonyl (C=O) groups is 1. The number of sulfonamides is 1. The zero-order valence-electron chi connectivity index (χ0n) is 11.2. The molecule has 0 saturated carbocycles. The Morgan fingerprint density at radius 1 is 1.19 bits per heavy atom. The Hall–Kier alpha value is -1.70. The summed E-state index contributed by atoms with van der Waals surface area (Å²) in [5, 5.41) is 8.99. The molecule has 1 aliphatic heterocycles. The summed E-state index contributed by atoms with van der Waals surface area (Å²) in [5.74, 6) is -1.01. The van der Waals surface area contributed by atoms with Crippen LogP contribution in [0.4, 0.5) is 0 Å². The van der Waals surface area contributed by atoms with Crippen molar-refractivity contribution in [3.05, 3.63) is 51.9 Å². The molecule has 0 unspecified atom stereocenters. The maximum Gasteiger partial charge on any atom is 0.335 e. The lowest BCUT2D eigenvalue weighted by Crippen LogP contribution is -2.24. The van der Waals surface area contributed by atoms with Gasteiger partial charge in [0.1, 0.15) is 4.21 Å². The standard InChI is InChI=1S/C14H13NO4S2/c1-9-2-5-13(20-9)21(18,19)15-7-11-4-3-10(14(16)17)6-12(11)8-15/h2-6H,7-8H2,1H3,(H,16,17). The van der Waals surface area contributed by atoms with Gasteiger partial charge in [-0.3, -0.25) is 0 Å². The fourth-order valence-corrected chi connectivity index (χ4v) is 5.18. The molecular formula is C14H13NO4S2. The molecular weight excluding hydrogens is 310 g/mol. The second-order valence-corrected chi connectivity index (χ2v) is 8.38. The third-order valence-corrected chi connectivity index (χ3v) is 6.72. The summed E-state index contributed by atoms with van der Waals surface area (Å²) < 4.78 is 26.8. The minimum absolute atomic E-state index is 0.181. The monoisotopic (exact) mass is 323 g/mol. The van der Waals surface area contributed by atoms with Crippen LogP contribution in [0.1, 0.15) is 26.4 Å². The molecule has 0 atom stereocenters. The normalized spacial score (nSPS) is 15.1. The first-order chi connectivity index (χ1) is 9.88. The fourth-order valence-electron chi connectivity index (χ4n) is 2.34. The molecule has 7 heteroatoms. The van der Waals surface area contributed by atoms with E-state index in [-0.39, 0.29) is 18.7 Å². The van der Waals surface area contributed by atoms with E-state index in [0.717, 1.165) is 16.0 Å². The van der Waals surface area contributed by atoms with Crippen LogP contribution in [-0.4, -0.2) is 23.8 Å². The van der Waals surface area contributed by atoms with E-state index in [4.69, 9.17) is 5.11 Å². The number of benzene rings is 1. The van der Waals surface area contributed by atoms with Gasteiger partial charge in [0.15, 0.2) is 0 Å². The molecule has 5 nitrogen and oxygen atoms in total. The van der Waals surface area contributed by atoms with E-state index in [1.165, 1.54) is 21.7 Å². The Morgan fingerprint density at radius 2 is 1.90 bits per heavy atom. The maximum absolute atomic E-state index is 12.6. The highest BCUT2D eigenvalue weighted by Gasteiger charge is 2.31. The molecule has 2 aromatic rings. The molecule has 0 radical (unpaired) electrons. The highest BCUT2D eigenvalue weighted by atomic mass is 32.2. The average Bonchev–Trinajstić information content (AvgIpc) is 3.03. The number of aryl methyl sites for hydroxylation is 1. The van der Waals surface area contributed by atoms with E-state index in [2.05, 4.69) is 0 Å². The van der Waals surface area contributed by atoms with Gasteiger partial charge in [-0.2, -0.15) is 4.31 Å². The molecule has 0 amide bonds. The lowest BCUT2D eigenvalue weighted by Gasteiger charge is -2.13. The van der Waals surface area contributed by atoms with Crippen molar-refractivity contribution >= 4 is 27.3 Å². The van der Waals surface area contributed by atoms with Crippen LogP contribution in [0.3, 0.4) is 0 Å². The molecule has 0 fully saturated rings. The Bertz CT molecular complexity index is 823. The SMILES string of the molecule is Cc1ccc(S(=O)(=O)N2Cc3ccc(C(=O)O)cc3C2)s1. The molecule has 0 spiro atoms. The number of carboxylic acids is 1. The van der Waals surface area contributed by atoms with Crippen molar-refractivity contribution in [2.24, 2.45) is 0 Å². The van der Waals surface area contributed by atoms with E-state index in [1.54, 1.807) is 24.3 Å². The smallest absolute Gasteiger partial charge is 0.335 e. The third-order valence-electron chi connectivity index (χ3n) is 3.46. The van der Waals surface area contributed by atoms with Crippen molar-refractivity contribution in [3.63, 3.8) is 0 Å². The minimum atomic E-state index is -3.51. The molecule has 1 N–H and O–H groups in total. The fraction of sp³-hybridized carbons (Fsp3) is 0.214. The number of rotatable bonds is 3. The first kappa shape index (κ1) is 14.2. The van der Waals surface area contributed by atoms with E-state index < -0.39 is 16.0 Å². The quantitative estimate of drug-likeness (QED) is 0.941. The number of aromatic carboxylic acids is 1. The van der Waals surface area contributed by atoms with Crippen LogP contribution in [0, 0.1) is 6.92 Å². The predicted molar refractivity (Wildman–Crippen MR) is 78.9 cm³/mol. The number of fused-ring (bicyclic) bond motifs is 1. The van der Waals surface area contributed by atoms with Gasteiger partial charge < -0.3 is 5.11 Å². The van der Waals surface area contributed by atoms with Crippen molar-refractivity contribution in [1.29, 1.82) is 0 Å². The summed E-state index contributed by atoms with van der Waals surface area (Å²) in [6, 6.07) is 8.14. The van der Waals surface area contributed by atoms with Gasteiger partial charge >= 0.3 is 5.97 Å². The van der Waals surface area contributed by atoms with E-state index in [0.29, 0.717) is 4.21 Å². The Balaban J connectivity index is 1.92. The summed E-state index contributed by atoms with van der Waals surface area (Å²) in [5.41, 5.74) is 1.79. The van der Waals surface area contributed by atoms with Crippen molar-refractivity contribution in [2.75, 3.05) is 0 Å². The van der Waals surface area contributed by atoms with Gasteiger partial charge in [0.05, 0.1) is 5.56 Å². The number of thiophene rings is 1. The maximum atomic E-state index is 12.6. The zero-order chi connectivity index (χ0) is 15.2. The molecule has 0 aliphatic carbocycles. The first-order valence-corrected chi connectivity index (χ1v) is 8.55. The summed E-state index contributed by atoms with van der Waals surface area (Å²) in [6.45, 7) is 2.37. The lowest BCUT2D eigenvalue weighted by molar-refractivity contribution is 0.0696. The third kappa shape index (κ3) is 2.48. The van der Waals surface area contributed by atoms with Crippen molar-refractivity contribution in [2.45, 2.75) is 24.2 Å². The van der Waals surface area contributed by atoms with Crippen molar-refractivity contribution in [1.82, 2.24) is 4.31 Å². The molecule has 110 valence electrons. The van der Waals surface area contributed by atoms with Crippen LogP contribution in [0.15, 0.2) is 34.5 Å². The highest BCUT2D eigenvalue weighted by molar-refractivity contribution is 7.91. The molecule has 2 heterocycles. The van der Waals surface area contributed by atoms with E-state index >= 15 is 0 Å². The van der Waals surface area contributed by atoms with Gasteiger partial charge in [-0.25, -0.2) is 13.2 Å². The molecule has 1 aromatic carbocycles. The van der Waals surface area contributed by atoms with Crippen LogP contribution in [-0.2, 0) is 23.1 Å². The van der Waals surface area contributed by atoms with E-state index in [9.17, 15) is 13.2 Å². The number of carboxylic acid groups (broad SMARTS) is 1. The molecule has 0 saturated heterocycles. The second kappa shape index (κ2) is 4.94. The highest BCUT2D eigenvalue weighted by Crippen LogP contribution is 2.31. The van der Waals surface area contributed by atoms with Gasteiger partial charge in [-0.15, -0.1) is 11.3 Å².